The van der Waals surface area contributed by atoms with Crippen LogP contribution in [0.4, 0.5) is 11.5 Å². The molecule has 0 aliphatic carbocycles. The van der Waals surface area contributed by atoms with Crippen molar-refractivity contribution < 1.29 is 0 Å². The standard InChI is InChI=1S/C20H24N6.ClH/c1-14-4-3-5-16(12-14)15(2)22-20-18-13-17(26-10-8-21-9-11-26)6-7-19(18)23-25-24-20;/h3-7,12-13,15,21H,8-11H2,1-2H3,(H,22,23,24);1H/t15-;/m1./s1. The van der Waals surface area contributed by atoms with Crippen LogP contribution in [0.2, 0.25) is 0 Å². The summed E-state index contributed by atoms with van der Waals surface area (Å²) < 4.78 is 0. The predicted molar refractivity (Wildman–Crippen MR) is 113 cm³/mol. The van der Waals surface area contributed by atoms with Gasteiger partial charge in [-0.2, -0.15) is 0 Å². The number of nitrogens with zero attached hydrogens (tertiary/aromatic N) is 4. The summed E-state index contributed by atoms with van der Waals surface area (Å²) in [5.74, 6) is 0.779. The van der Waals surface area contributed by atoms with Crippen LogP contribution in [0.3, 0.4) is 0 Å². The minimum atomic E-state index is 0. The van der Waals surface area contributed by atoms with Crippen LogP contribution in [0.1, 0.15) is 24.1 Å². The lowest BCUT2D eigenvalue weighted by atomic mass is 10.1. The monoisotopic (exact) mass is 384 g/mol. The zero-order chi connectivity index (χ0) is 17.9. The van der Waals surface area contributed by atoms with Crippen LogP contribution in [0.5, 0.6) is 0 Å². The maximum atomic E-state index is 4.28. The number of hydrogen-bond acceptors (Lipinski definition) is 6. The summed E-state index contributed by atoms with van der Waals surface area (Å²) in [4.78, 5) is 2.39. The number of nitrogens with one attached hydrogen (secondary N) is 2. The molecule has 27 heavy (non-hydrogen) atoms. The molecule has 1 atom stereocenters. The zero-order valence-electron chi connectivity index (χ0n) is 15.6. The van der Waals surface area contributed by atoms with Gasteiger partial charge in [0.25, 0.3) is 0 Å². The Labute approximate surface area is 165 Å². The molecule has 142 valence electrons. The summed E-state index contributed by atoms with van der Waals surface area (Å²) in [6.07, 6.45) is 0. The molecule has 0 amide bonds. The maximum absolute atomic E-state index is 4.28. The Morgan fingerprint density at radius 1 is 1.07 bits per heavy atom. The molecule has 4 rings (SSSR count). The average Bonchev–Trinajstić information content (AvgIpc) is 2.68. The summed E-state index contributed by atoms with van der Waals surface area (Å²) in [7, 11) is 0. The summed E-state index contributed by atoms with van der Waals surface area (Å²) in [6, 6.07) is 15.0. The van der Waals surface area contributed by atoms with Crippen molar-refractivity contribution in [1.82, 2.24) is 20.7 Å². The van der Waals surface area contributed by atoms with Gasteiger partial charge in [0.2, 0.25) is 0 Å². The summed E-state index contributed by atoms with van der Waals surface area (Å²) in [5, 5.41) is 20.3. The van der Waals surface area contributed by atoms with Gasteiger partial charge in [-0.1, -0.05) is 29.8 Å². The second-order valence-electron chi connectivity index (χ2n) is 6.86. The number of benzene rings is 2. The number of anilines is 2. The fraction of sp³-hybridized carbons (Fsp3) is 0.350. The molecule has 2 heterocycles. The normalized spacial score (nSPS) is 15.3. The van der Waals surface area contributed by atoms with Gasteiger partial charge >= 0.3 is 0 Å². The number of fused-ring (bicyclic) bond motifs is 1. The van der Waals surface area contributed by atoms with E-state index in [0.717, 1.165) is 42.9 Å². The van der Waals surface area contributed by atoms with Crippen LogP contribution in [-0.2, 0) is 0 Å². The van der Waals surface area contributed by atoms with E-state index in [0.29, 0.717) is 0 Å². The molecule has 1 aliphatic heterocycles. The van der Waals surface area contributed by atoms with E-state index in [2.05, 4.69) is 81.2 Å². The molecule has 0 saturated carbocycles. The highest BCUT2D eigenvalue weighted by Crippen LogP contribution is 2.27. The van der Waals surface area contributed by atoms with E-state index in [1.165, 1.54) is 16.8 Å². The van der Waals surface area contributed by atoms with Crippen LogP contribution in [0.15, 0.2) is 42.5 Å². The fourth-order valence-corrected chi connectivity index (χ4v) is 3.42. The SMILES string of the molecule is Cc1cccc([C@@H](C)Nc2nnnc3ccc(N4CCNCC4)cc23)c1.Cl. The third-order valence-corrected chi connectivity index (χ3v) is 4.91. The Kier molecular flexibility index (Phi) is 6.08. The lowest BCUT2D eigenvalue weighted by Crippen LogP contribution is -2.43. The van der Waals surface area contributed by atoms with Gasteiger partial charge < -0.3 is 15.5 Å². The molecular formula is C20H25ClN6. The second kappa shape index (κ2) is 8.50. The number of aryl methyl sites for hydroxylation is 1. The van der Waals surface area contributed by atoms with Crippen LogP contribution in [0.25, 0.3) is 10.9 Å². The molecule has 2 aromatic carbocycles. The Bertz CT molecular complexity index is 910. The second-order valence-corrected chi connectivity index (χ2v) is 6.86. The summed E-state index contributed by atoms with van der Waals surface area (Å²) in [5.41, 5.74) is 4.55. The van der Waals surface area contributed by atoms with Gasteiger partial charge in [-0.3, -0.25) is 0 Å². The Hall–Kier alpha value is -2.44. The largest absolute Gasteiger partial charge is 0.369 e. The van der Waals surface area contributed by atoms with Gasteiger partial charge in [0.05, 0.1) is 11.6 Å². The van der Waals surface area contributed by atoms with E-state index in [1.807, 2.05) is 6.07 Å². The van der Waals surface area contributed by atoms with Crippen molar-refractivity contribution >= 4 is 34.8 Å². The van der Waals surface area contributed by atoms with Gasteiger partial charge in [-0.05, 0) is 42.8 Å². The van der Waals surface area contributed by atoms with Crippen molar-refractivity contribution in [2.45, 2.75) is 19.9 Å². The molecule has 3 aromatic rings. The number of halogens is 1. The molecule has 6 nitrogen and oxygen atoms in total. The van der Waals surface area contributed by atoms with Gasteiger partial charge in [-0.15, -0.1) is 22.6 Å². The van der Waals surface area contributed by atoms with Gasteiger partial charge in [0, 0.05) is 37.3 Å². The van der Waals surface area contributed by atoms with Crippen molar-refractivity contribution in [3.63, 3.8) is 0 Å². The molecule has 0 spiro atoms. The molecule has 2 N–H and O–H groups in total. The quantitative estimate of drug-likeness (QED) is 0.719. The zero-order valence-corrected chi connectivity index (χ0v) is 16.5. The lowest BCUT2D eigenvalue weighted by Gasteiger charge is -2.29. The third-order valence-electron chi connectivity index (χ3n) is 4.91. The summed E-state index contributed by atoms with van der Waals surface area (Å²) >= 11 is 0. The molecular weight excluding hydrogens is 360 g/mol. The molecule has 0 radical (unpaired) electrons. The number of rotatable bonds is 4. The van der Waals surface area contributed by atoms with Gasteiger partial charge in [0.1, 0.15) is 0 Å². The highest BCUT2D eigenvalue weighted by atomic mass is 35.5. The van der Waals surface area contributed by atoms with Crippen LogP contribution < -0.4 is 15.5 Å². The smallest absolute Gasteiger partial charge is 0.160 e. The average molecular weight is 385 g/mol. The maximum Gasteiger partial charge on any atom is 0.160 e. The van der Waals surface area contributed by atoms with E-state index in [-0.39, 0.29) is 18.4 Å². The van der Waals surface area contributed by atoms with Crippen molar-refractivity contribution in [3.8, 4) is 0 Å². The van der Waals surface area contributed by atoms with E-state index in [9.17, 15) is 0 Å². The molecule has 7 heteroatoms. The van der Waals surface area contributed by atoms with E-state index < -0.39 is 0 Å². The molecule has 1 aliphatic rings. The van der Waals surface area contributed by atoms with Gasteiger partial charge in [0.15, 0.2) is 5.82 Å². The number of piperazine rings is 1. The predicted octanol–water partition coefficient (Wildman–Crippen LogP) is 3.34. The van der Waals surface area contributed by atoms with Crippen molar-refractivity contribution in [2.75, 3.05) is 36.4 Å². The van der Waals surface area contributed by atoms with E-state index in [4.69, 9.17) is 0 Å². The first kappa shape index (κ1) is 19.3. The molecule has 0 unspecified atom stereocenters. The minimum Gasteiger partial charge on any atom is -0.369 e. The minimum absolute atomic E-state index is 0. The number of aromatic nitrogens is 3. The first-order chi connectivity index (χ1) is 12.7. The van der Waals surface area contributed by atoms with E-state index in [1.54, 1.807) is 0 Å². The van der Waals surface area contributed by atoms with Crippen molar-refractivity contribution in [1.29, 1.82) is 0 Å². The Morgan fingerprint density at radius 3 is 2.67 bits per heavy atom. The van der Waals surface area contributed by atoms with Crippen molar-refractivity contribution in [2.24, 2.45) is 0 Å². The summed E-state index contributed by atoms with van der Waals surface area (Å²) in [6.45, 7) is 8.31. The lowest BCUT2D eigenvalue weighted by molar-refractivity contribution is 0.589. The highest BCUT2D eigenvalue weighted by molar-refractivity contribution is 5.91. The topological polar surface area (TPSA) is 66.0 Å². The Morgan fingerprint density at radius 2 is 1.89 bits per heavy atom. The van der Waals surface area contributed by atoms with Crippen molar-refractivity contribution in [3.05, 3.63) is 53.6 Å². The van der Waals surface area contributed by atoms with Gasteiger partial charge in [-0.25, -0.2) is 0 Å². The van der Waals surface area contributed by atoms with Crippen LogP contribution in [0, 0.1) is 6.92 Å². The highest BCUT2D eigenvalue weighted by Gasteiger charge is 2.14. The fourth-order valence-electron chi connectivity index (χ4n) is 3.42. The molecule has 0 bridgehead atoms. The number of hydrogen-bond donors (Lipinski definition) is 2. The molecule has 1 saturated heterocycles. The van der Waals surface area contributed by atoms with Crippen LogP contribution in [-0.4, -0.2) is 41.6 Å². The molecule has 1 fully saturated rings. The van der Waals surface area contributed by atoms with Crippen LogP contribution >= 0.6 is 12.4 Å². The van der Waals surface area contributed by atoms with E-state index >= 15 is 0 Å². The molecule has 1 aromatic heterocycles. The third kappa shape index (κ3) is 4.28. The Balaban J connectivity index is 0.00000210. The first-order valence-electron chi connectivity index (χ1n) is 9.12. The first-order valence-corrected chi connectivity index (χ1v) is 9.12.